The van der Waals surface area contributed by atoms with Crippen LogP contribution >= 0.6 is 0 Å². The summed E-state index contributed by atoms with van der Waals surface area (Å²) in [6.45, 7) is 14.7. The number of hydrogen-bond acceptors (Lipinski definition) is 5. The Morgan fingerprint density at radius 3 is 1.66 bits per heavy atom. The van der Waals surface area contributed by atoms with E-state index in [1.807, 2.05) is 60.4 Å². The third-order valence-corrected chi connectivity index (χ3v) is 12.2. The highest BCUT2D eigenvalue weighted by atomic mass is 28.4. The molecule has 6 nitrogen and oxygen atoms in total. The molecule has 0 spiro atoms. The van der Waals surface area contributed by atoms with E-state index in [2.05, 4.69) is 33.9 Å². The number of hydrogen-bond donors (Lipinski definition) is 1. The van der Waals surface area contributed by atoms with Crippen LogP contribution in [0.3, 0.4) is 0 Å². The van der Waals surface area contributed by atoms with Crippen molar-refractivity contribution in [1.29, 1.82) is 0 Å². The molecular formula is C28H41NO5Si. The predicted octanol–water partition coefficient (Wildman–Crippen LogP) is 5.41. The quantitative estimate of drug-likeness (QED) is 0.369. The minimum absolute atomic E-state index is 0.00116. The molecule has 2 aromatic carbocycles. The van der Waals surface area contributed by atoms with Crippen molar-refractivity contribution in [2.45, 2.75) is 77.0 Å². The van der Waals surface area contributed by atoms with Gasteiger partial charge in [-0.2, -0.15) is 0 Å². The highest BCUT2D eigenvalue weighted by molar-refractivity contribution is 6.74. The van der Waals surface area contributed by atoms with E-state index in [0.717, 1.165) is 22.6 Å². The fourth-order valence-corrected chi connectivity index (χ4v) is 6.10. The summed E-state index contributed by atoms with van der Waals surface area (Å²) in [6, 6.07) is 14.8. The van der Waals surface area contributed by atoms with Gasteiger partial charge < -0.3 is 23.9 Å². The molecule has 1 N–H and O–H groups in total. The van der Waals surface area contributed by atoms with E-state index in [-0.39, 0.29) is 29.1 Å². The van der Waals surface area contributed by atoms with Crippen molar-refractivity contribution >= 4 is 14.2 Å². The van der Waals surface area contributed by atoms with E-state index >= 15 is 0 Å². The number of ether oxygens (including phenoxy) is 2. The van der Waals surface area contributed by atoms with Crippen molar-refractivity contribution < 1.29 is 23.8 Å². The molecule has 1 aliphatic rings. The Balaban J connectivity index is 1.99. The zero-order chi connectivity index (χ0) is 26.1. The Hall–Kier alpha value is -2.35. The molecule has 1 heterocycles. The number of rotatable bonds is 9. The van der Waals surface area contributed by atoms with E-state index in [9.17, 15) is 9.90 Å². The van der Waals surface area contributed by atoms with Gasteiger partial charge in [-0.15, -0.1) is 0 Å². The first-order valence-corrected chi connectivity index (χ1v) is 15.2. The molecule has 35 heavy (non-hydrogen) atoms. The van der Waals surface area contributed by atoms with Crippen LogP contribution in [-0.2, 0) is 9.22 Å². The third kappa shape index (κ3) is 5.42. The maximum atomic E-state index is 13.8. The van der Waals surface area contributed by atoms with Crippen LogP contribution < -0.4 is 9.47 Å². The van der Waals surface area contributed by atoms with Gasteiger partial charge in [0.05, 0.1) is 44.4 Å². The third-order valence-electron chi connectivity index (χ3n) is 7.66. The van der Waals surface area contributed by atoms with Crippen LogP contribution in [0.15, 0.2) is 48.5 Å². The molecule has 1 fully saturated rings. The molecule has 2 aromatic rings. The van der Waals surface area contributed by atoms with Crippen LogP contribution in [0.2, 0.25) is 18.1 Å². The molecule has 1 aliphatic heterocycles. The number of benzene rings is 2. The first-order chi connectivity index (χ1) is 16.3. The number of methoxy groups -OCH3 is 2. The van der Waals surface area contributed by atoms with Crippen molar-refractivity contribution in [3.05, 3.63) is 59.7 Å². The normalized spacial score (nSPS) is 20.4. The van der Waals surface area contributed by atoms with Crippen molar-refractivity contribution in [3.63, 3.8) is 0 Å². The lowest BCUT2D eigenvalue weighted by Gasteiger charge is -2.55. The molecule has 0 saturated carbocycles. The number of aliphatic hydroxyl groups excluding tert-OH is 1. The van der Waals surface area contributed by atoms with Crippen LogP contribution in [-0.4, -0.2) is 56.7 Å². The molecule has 0 bridgehead atoms. The number of carbonyl (C=O) groups excluding carboxylic acids is 1. The largest absolute Gasteiger partial charge is 0.497 e. The summed E-state index contributed by atoms with van der Waals surface area (Å²) in [5, 5.41) is 10.9. The van der Waals surface area contributed by atoms with Crippen LogP contribution in [0.5, 0.6) is 11.5 Å². The summed E-state index contributed by atoms with van der Waals surface area (Å²) in [6.07, 6.45) is -0.992. The smallest absolute Gasteiger partial charge is 0.231 e. The highest BCUT2D eigenvalue weighted by Gasteiger charge is 2.56. The van der Waals surface area contributed by atoms with Gasteiger partial charge in [-0.25, -0.2) is 0 Å². The molecule has 1 amide bonds. The Morgan fingerprint density at radius 1 is 0.886 bits per heavy atom. The monoisotopic (exact) mass is 499 g/mol. The van der Waals surface area contributed by atoms with Crippen LogP contribution in [0.1, 0.15) is 51.8 Å². The van der Waals surface area contributed by atoms with E-state index in [0.29, 0.717) is 0 Å². The first kappa shape index (κ1) is 27.2. The minimum Gasteiger partial charge on any atom is -0.497 e. The molecular weight excluding hydrogens is 458 g/mol. The molecule has 4 atom stereocenters. The van der Waals surface area contributed by atoms with Crippen molar-refractivity contribution in [2.75, 3.05) is 14.2 Å². The first-order valence-electron chi connectivity index (χ1n) is 12.3. The zero-order valence-corrected chi connectivity index (χ0v) is 23.5. The van der Waals surface area contributed by atoms with Gasteiger partial charge in [0.2, 0.25) is 5.91 Å². The van der Waals surface area contributed by atoms with E-state index in [4.69, 9.17) is 13.9 Å². The number of amides is 1. The van der Waals surface area contributed by atoms with Gasteiger partial charge in [0, 0.05) is 0 Å². The maximum Gasteiger partial charge on any atom is 0.231 e. The number of carbonyl (C=O) groups is 1. The maximum absolute atomic E-state index is 13.8. The summed E-state index contributed by atoms with van der Waals surface area (Å²) < 4.78 is 17.3. The van der Waals surface area contributed by atoms with E-state index < -0.39 is 20.3 Å². The summed E-state index contributed by atoms with van der Waals surface area (Å²) in [5.41, 5.74) is 1.90. The van der Waals surface area contributed by atoms with Crippen molar-refractivity contribution in [3.8, 4) is 11.5 Å². The Kier molecular flexibility index (Phi) is 8.04. The fourth-order valence-electron chi connectivity index (χ4n) is 4.67. The summed E-state index contributed by atoms with van der Waals surface area (Å²) in [5.74, 6) is 1.10. The molecule has 0 aliphatic carbocycles. The van der Waals surface area contributed by atoms with Crippen molar-refractivity contribution in [1.82, 2.24) is 4.90 Å². The number of β-lactam (4-membered cyclic amide) rings is 1. The van der Waals surface area contributed by atoms with E-state index in [1.54, 1.807) is 21.1 Å². The summed E-state index contributed by atoms with van der Waals surface area (Å²) in [4.78, 5) is 15.6. The SMILES string of the molecule is COc1ccc(C(c2ccc(OC)cc2)N2C(=O)[C@H]([C@@H](C)O[Si](C)(C)C(C)(C)C)[C@H]2[C@H](C)O)cc1. The topological polar surface area (TPSA) is 68.2 Å². The number of aliphatic hydroxyl groups is 1. The lowest BCUT2D eigenvalue weighted by Crippen LogP contribution is -2.69. The molecule has 192 valence electrons. The summed E-state index contributed by atoms with van der Waals surface area (Å²) in [7, 11) is 1.18. The van der Waals surface area contributed by atoms with Crippen LogP contribution in [0.4, 0.5) is 0 Å². The Morgan fingerprint density at radius 2 is 1.31 bits per heavy atom. The Bertz CT molecular complexity index is 950. The van der Waals surface area contributed by atoms with Gasteiger partial charge in [-0.05, 0) is 67.4 Å². The minimum atomic E-state index is -2.09. The molecule has 0 radical (unpaired) electrons. The van der Waals surface area contributed by atoms with Gasteiger partial charge >= 0.3 is 0 Å². The van der Waals surface area contributed by atoms with Crippen LogP contribution in [0, 0.1) is 5.92 Å². The second kappa shape index (κ2) is 10.3. The standard InChI is InChI=1S/C28H41NO5Si/c1-18(30)25-24(19(2)34-35(8,9)28(3,4)5)27(31)29(25)26(20-10-14-22(32-6)15-11-20)21-12-16-23(33-7)17-13-21/h10-19,24-26,30H,1-9H3/t18-,19+,24+,25+/m0/s1. The molecule has 1 saturated heterocycles. The second-order valence-electron chi connectivity index (χ2n) is 11.0. The van der Waals surface area contributed by atoms with Crippen LogP contribution in [0.25, 0.3) is 0 Å². The lowest BCUT2D eigenvalue weighted by molar-refractivity contribution is -0.176. The van der Waals surface area contributed by atoms with Gasteiger partial charge in [0.25, 0.3) is 0 Å². The lowest BCUT2D eigenvalue weighted by atomic mass is 9.77. The number of likely N-dealkylation sites (tertiary alicyclic amines) is 1. The average Bonchev–Trinajstić information content (AvgIpc) is 2.79. The molecule has 0 aromatic heterocycles. The molecule has 0 unspecified atom stereocenters. The van der Waals surface area contributed by atoms with E-state index in [1.165, 1.54) is 0 Å². The van der Waals surface area contributed by atoms with Gasteiger partial charge in [0.15, 0.2) is 8.32 Å². The Labute approximate surface area is 211 Å². The average molecular weight is 500 g/mol. The highest BCUT2D eigenvalue weighted by Crippen LogP contribution is 2.45. The second-order valence-corrected chi connectivity index (χ2v) is 15.8. The number of nitrogens with zero attached hydrogens (tertiary/aromatic N) is 1. The van der Waals surface area contributed by atoms with Crippen molar-refractivity contribution in [2.24, 2.45) is 5.92 Å². The van der Waals surface area contributed by atoms with Gasteiger partial charge in [-0.3, -0.25) is 4.79 Å². The zero-order valence-electron chi connectivity index (χ0n) is 22.5. The molecule has 3 rings (SSSR count). The molecule has 7 heteroatoms. The fraction of sp³-hybridized carbons (Fsp3) is 0.536. The predicted molar refractivity (Wildman–Crippen MR) is 141 cm³/mol. The summed E-state index contributed by atoms with van der Waals surface area (Å²) >= 11 is 0. The van der Waals surface area contributed by atoms with Gasteiger partial charge in [-0.1, -0.05) is 45.0 Å². The van der Waals surface area contributed by atoms with Gasteiger partial charge in [0.1, 0.15) is 11.5 Å².